The lowest BCUT2D eigenvalue weighted by molar-refractivity contribution is -0.119. The van der Waals surface area contributed by atoms with E-state index in [2.05, 4.69) is 5.32 Å². The summed E-state index contributed by atoms with van der Waals surface area (Å²) in [6.45, 7) is 2.30. The normalized spacial score (nSPS) is 11.2. The second-order valence-corrected chi connectivity index (χ2v) is 10.0. The molecular formula is C24H28N2O5S2. The largest absolute Gasteiger partial charge is 0.492 e. The molecular weight excluding hydrogens is 460 g/mol. The molecule has 7 nitrogen and oxygen atoms in total. The van der Waals surface area contributed by atoms with Gasteiger partial charge in [0.05, 0.1) is 29.2 Å². The number of rotatable bonds is 13. The summed E-state index contributed by atoms with van der Waals surface area (Å²) in [5.41, 5.74) is 0.326. The minimum atomic E-state index is -3.98. The summed E-state index contributed by atoms with van der Waals surface area (Å²) >= 11 is 1.71. The van der Waals surface area contributed by atoms with E-state index >= 15 is 0 Å². The van der Waals surface area contributed by atoms with E-state index in [-0.39, 0.29) is 17.3 Å². The molecule has 0 aliphatic heterocycles. The molecule has 2 aromatic carbocycles. The van der Waals surface area contributed by atoms with Gasteiger partial charge in [-0.1, -0.05) is 30.3 Å². The lowest BCUT2D eigenvalue weighted by Gasteiger charge is -2.26. The number of ether oxygens (including phenoxy) is 1. The van der Waals surface area contributed by atoms with E-state index in [1.54, 1.807) is 60.5 Å². The molecule has 33 heavy (non-hydrogen) atoms. The second kappa shape index (κ2) is 12.4. The van der Waals surface area contributed by atoms with Crippen molar-refractivity contribution in [1.82, 2.24) is 5.32 Å². The zero-order valence-corrected chi connectivity index (χ0v) is 20.1. The number of amides is 1. The zero-order chi connectivity index (χ0) is 23.5. The first-order valence-corrected chi connectivity index (χ1v) is 13.3. The van der Waals surface area contributed by atoms with E-state index in [0.717, 1.165) is 28.0 Å². The van der Waals surface area contributed by atoms with E-state index in [0.29, 0.717) is 24.6 Å². The van der Waals surface area contributed by atoms with Gasteiger partial charge in [-0.2, -0.15) is 11.8 Å². The first kappa shape index (κ1) is 24.7. The Bertz CT molecular complexity index is 1100. The van der Waals surface area contributed by atoms with Crippen LogP contribution in [0.15, 0.2) is 82.3 Å². The number of sulfonamides is 1. The number of hydrogen-bond donors (Lipinski definition) is 1. The van der Waals surface area contributed by atoms with Crippen LogP contribution in [0, 0.1) is 0 Å². The van der Waals surface area contributed by atoms with Crippen LogP contribution < -0.4 is 14.4 Å². The molecule has 0 atom stereocenters. The predicted octanol–water partition coefficient (Wildman–Crippen LogP) is 4.31. The molecule has 1 amide bonds. The topological polar surface area (TPSA) is 88.8 Å². The number of anilines is 1. The summed E-state index contributed by atoms with van der Waals surface area (Å²) in [7, 11) is -3.98. The maximum Gasteiger partial charge on any atom is 0.264 e. The molecule has 9 heteroatoms. The molecule has 1 N–H and O–H groups in total. The highest BCUT2D eigenvalue weighted by atomic mass is 32.2. The fraction of sp³-hybridized carbons (Fsp3) is 0.292. The van der Waals surface area contributed by atoms with Crippen LogP contribution in [0.3, 0.4) is 0 Å². The average molecular weight is 489 g/mol. The first-order chi connectivity index (χ1) is 16.0. The summed E-state index contributed by atoms with van der Waals surface area (Å²) in [6.07, 6.45) is 2.41. The number of carbonyl (C=O) groups excluding carboxylic acids is 1. The van der Waals surface area contributed by atoms with Gasteiger partial charge >= 0.3 is 0 Å². The Kier molecular flexibility index (Phi) is 9.26. The SMILES string of the molecule is CCOc1ccccc1N(CC(=O)NCCCSCc1ccco1)S(=O)(=O)c1ccccc1. The number of carbonyl (C=O) groups is 1. The Hall–Kier alpha value is -2.91. The quantitative estimate of drug-likeness (QED) is 0.361. The standard InChI is InChI=1S/C24H28N2O5S2/c1-2-30-23-14-7-6-13-22(23)26(33(28,29)21-11-4-3-5-12-21)18-24(27)25-15-9-17-32-19-20-10-8-16-31-20/h3-8,10-14,16H,2,9,15,17-19H2,1H3,(H,25,27). The Labute approximate surface area is 199 Å². The van der Waals surface area contributed by atoms with E-state index < -0.39 is 10.0 Å². The maximum atomic E-state index is 13.4. The van der Waals surface area contributed by atoms with Crippen molar-refractivity contribution in [3.8, 4) is 5.75 Å². The highest BCUT2D eigenvalue weighted by molar-refractivity contribution is 7.98. The molecule has 0 aliphatic carbocycles. The molecule has 0 saturated heterocycles. The predicted molar refractivity (Wildman–Crippen MR) is 131 cm³/mol. The third kappa shape index (κ3) is 7.03. The Morgan fingerprint density at radius 2 is 1.82 bits per heavy atom. The molecule has 3 aromatic rings. The third-order valence-corrected chi connectivity index (χ3v) is 7.50. The number of para-hydroxylation sites is 2. The van der Waals surface area contributed by atoms with Crippen LogP contribution in [-0.4, -0.2) is 39.8 Å². The van der Waals surface area contributed by atoms with Crippen LogP contribution in [0.5, 0.6) is 5.75 Å². The van der Waals surface area contributed by atoms with Crippen molar-refractivity contribution in [3.05, 3.63) is 78.8 Å². The third-order valence-electron chi connectivity index (χ3n) is 4.66. The van der Waals surface area contributed by atoms with E-state index in [1.807, 2.05) is 19.1 Å². The van der Waals surface area contributed by atoms with Gasteiger partial charge in [-0.05, 0) is 55.5 Å². The number of nitrogens with zero attached hydrogens (tertiary/aromatic N) is 1. The molecule has 0 unspecified atom stereocenters. The van der Waals surface area contributed by atoms with Crippen LogP contribution in [0.1, 0.15) is 19.1 Å². The smallest absolute Gasteiger partial charge is 0.264 e. The van der Waals surface area contributed by atoms with Crippen molar-refractivity contribution in [2.24, 2.45) is 0 Å². The minimum Gasteiger partial charge on any atom is -0.492 e. The van der Waals surface area contributed by atoms with Gasteiger partial charge in [-0.15, -0.1) is 0 Å². The average Bonchev–Trinajstić information content (AvgIpc) is 3.34. The number of hydrogen-bond acceptors (Lipinski definition) is 6. The lowest BCUT2D eigenvalue weighted by atomic mass is 10.3. The van der Waals surface area contributed by atoms with Gasteiger partial charge in [0.1, 0.15) is 18.1 Å². The molecule has 176 valence electrons. The van der Waals surface area contributed by atoms with Crippen LogP contribution >= 0.6 is 11.8 Å². The number of nitrogens with one attached hydrogen (secondary N) is 1. The van der Waals surface area contributed by atoms with E-state index in [4.69, 9.17) is 9.15 Å². The Morgan fingerprint density at radius 3 is 2.55 bits per heavy atom. The zero-order valence-electron chi connectivity index (χ0n) is 18.5. The van der Waals surface area contributed by atoms with E-state index in [9.17, 15) is 13.2 Å². The van der Waals surface area contributed by atoms with Gasteiger partial charge < -0.3 is 14.5 Å². The molecule has 0 fully saturated rings. The fourth-order valence-electron chi connectivity index (χ4n) is 3.12. The molecule has 1 heterocycles. The first-order valence-electron chi connectivity index (χ1n) is 10.7. The van der Waals surface area contributed by atoms with Crippen LogP contribution in [0.4, 0.5) is 5.69 Å². The lowest BCUT2D eigenvalue weighted by Crippen LogP contribution is -2.41. The summed E-state index contributed by atoms with van der Waals surface area (Å²) in [6, 6.07) is 18.7. The molecule has 0 radical (unpaired) electrons. The summed E-state index contributed by atoms with van der Waals surface area (Å²) < 4.78 is 38.9. The monoisotopic (exact) mass is 488 g/mol. The molecule has 0 saturated carbocycles. The van der Waals surface area contributed by atoms with Crippen molar-refractivity contribution in [3.63, 3.8) is 0 Å². The van der Waals surface area contributed by atoms with Crippen molar-refractivity contribution in [1.29, 1.82) is 0 Å². The maximum absolute atomic E-state index is 13.4. The van der Waals surface area contributed by atoms with Gasteiger partial charge in [0.15, 0.2) is 0 Å². The summed E-state index contributed by atoms with van der Waals surface area (Å²) in [5.74, 6) is 2.57. The number of furan rings is 1. The fourth-order valence-corrected chi connectivity index (χ4v) is 5.43. The highest BCUT2D eigenvalue weighted by Crippen LogP contribution is 2.32. The highest BCUT2D eigenvalue weighted by Gasteiger charge is 2.29. The minimum absolute atomic E-state index is 0.110. The van der Waals surface area contributed by atoms with Gasteiger partial charge in [-0.25, -0.2) is 8.42 Å². The number of benzene rings is 2. The Balaban J connectivity index is 1.66. The molecule has 0 bridgehead atoms. The van der Waals surface area contributed by atoms with Gasteiger partial charge in [0.2, 0.25) is 5.91 Å². The molecule has 3 rings (SSSR count). The van der Waals surface area contributed by atoms with Crippen LogP contribution in [0.2, 0.25) is 0 Å². The molecule has 0 spiro atoms. The summed E-state index contributed by atoms with van der Waals surface area (Å²) in [4.78, 5) is 12.8. The van der Waals surface area contributed by atoms with Gasteiger partial charge in [-0.3, -0.25) is 9.10 Å². The van der Waals surface area contributed by atoms with Crippen molar-refractivity contribution in [2.45, 2.75) is 24.0 Å². The van der Waals surface area contributed by atoms with E-state index in [1.165, 1.54) is 12.1 Å². The van der Waals surface area contributed by atoms with Crippen molar-refractivity contribution < 1.29 is 22.4 Å². The van der Waals surface area contributed by atoms with Crippen molar-refractivity contribution >= 4 is 33.4 Å². The van der Waals surface area contributed by atoms with Gasteiger partial charge in [0, 0.05) is 6.54 Å². The van der Waals surface area contributed by atoms with Crippen LogP contribution in [-0.2, 0) is 20.6 Å². The number of thioether (sulfide) groups is 1. The second-order valence-electron chi connectivity index (χ2n) is 7.06. The molecule has 1 aromatic heterocycles. The molecule has 0 aliphatic rings. The Morgan fingerprint density at radius 1 is 1.06 bits per heavy atom. The van der Waals surface area contributed by atoms with Gasteiger partial charge in [0.25, 0.3) is 10.0 Å². The summed E-state index contributed by atoms with van der Waals surface area (Å²) in [5, 5.41) is 2.83. The van der Waals surface area contributed by atoms with Crippen molar-refractivity contribution in [2.75, 3.05) is 29.8 Å². The van der Waals surface area contributed by atoms with Crippen LogP contribution in [0.25, 0.3) is 0 Å².